The summed E-state index contributed by atoms with van der Waals surface area (Å²) < 4.78 is 4.71. The smallest absolute Gasteiger partial charge is 0.300 e. The van der Waals surface area contributed by atoms with E-state index in [-0.39, 0.29) is 34.5 Å². The van der Waals surface area contributed by atoms with E-state index in [0.717, 1.165) is 74.0 Å². The molecular weight excluding hydrogens is 668 g/mol. The van der Waals surface area contributed by atoms with Gasteiger partial charge in [-0.05, 0) is 127 Å². The minimum absolute atomic E-state index is 0.0230. The molecule has 0 saturated heterocycles. The standard InChI is InChI=1S/C42H64N6O5/c1-27(2)10-9-11-28(3)32-15-16-33-31-14-13-29-26-30(19-22-41(29,4)34(31)20-23-42(32,33)5)45-38(50)21-25-44-37(49)12-7-6-8-24-43-35-17-18-36(48(51)52)40-39(35)46-53-47-40/h13,17-18,27-28,30-34,43H,6-12,14-16,19-26H2,1-5H3,(H,44,49)(H,45,50)/t28?,30?,31?,32-,33?,34?,41+,42-/m1/s1. The number of benzene rings is 1. The first kappa shape index (κ1) is 39.2. The van der Waals surface area contributed by atoms with Gasteiger partial charge in [0, 0.05) is 38.0 Å². The predicted octanol–water partition coefficient (Wildman–Crippen LogP) is 9.14. The lowest BCUT2D eigenvalue weighted by Gasteiger charge is -2.58. The molecule has 0 spiro atoms. The van der Waals surface area contributed by atoms with Crippen molar-refractivity contribution in [2.45, 2.75) is 143 Å². The van der Waals surface area contributed by atoms with Crippen LogP contribution in [0.4, 0.5) is 11.4 Å². The maximum atomic E-state index is 12.9. The SMILES string of the molecule is CC(C)CCCC(C)[C@H]1CCC2C3CC=C4CC(NC(=O)CCNC(=O)CCCCCNc5ccc([N+](=O)[O-])c6nonc56)CC[C@]4(C)C3CC[C@@]21C. The van der Waals surface area contributed by atoms with Crippen LogP contribution in [0, 0.1) is 56.5 Å². The number of allylic oxidation sites excluding steroid dienone is 1. The Labute approximate surface area is 315 Å². The first-order valence-electron chi connectivity index (χ1n) is 20.8. The fourth-order valence-corrected chi connectivity index (χ4v) is 11.5. The largest absolute Gasteiger partial charge is 0.383 e. The zero-order valence-corrected chi connectivity index (χ0v) is 32.9. The molecule has 11 nitrogen and oxygen atoms in total. The molecule has 4 aliphatic carbocycles. The third-order valence-electron chi connectivity index (χ3n) is 14.3. The third-order valence-corrected chi connectivity index (χ3v) is 14.3. The average Bonchev–Trinajstić information content (AvgIpc) is 3.75. The molecule has 53 heavy (non-hydrogen) atoms. The van der Waals surface area contributed by atoms with Gasteiger partial charge >= 0.3 is 5.69 Å². The molecule has 2 amide bonds. The maximum Gasteiger partial charge on any atom is 0.300 e. The van der Waals surface area contributed by atoms with E-state index in [1.165, 1.54) is 57.4 Å². The fraction of sp³-hybridized carbons (Fsp3) is 0.762. The number of hydrogen-bond donors (Lipinski definition) is 3. The van der Waals surface area contributed by atoms with Gasteiger partial charge in [0.05, 0.1) is 10.6 Å². The zero-order chi connectivity index (χ0) is 37.8. The number of unbranched alkanes of at least 4 members (excludes halogenated alkanes) is 2. The number of non-ortho nitro benzene ring substituents is 1. The van der Waals surface area contributed by atoms with Crippen LogP contribution >= 0.6 is 0 Å². The van der Waals surface area contributed by atoms with Gasteiger partial charge in [-0.3, -0.25) is 19.7 Å². The maximum absolute atomic E-state index is 12.9. The highest BCUT2D eigenvalue weighted by atomic mass is 16.6. The van der Waals surface area contributed by atoms with Gasteiger partial charge in [-0.2, -0.15) is 0 Å². The monoisotopic (exact) mass is 732 g/mol. The lowest BCUT2D eigenvalue weighted by atomic mass is 9.47. The summed E-state index contributed by atoms with van der Waals surface area (Å²) in [7, 11) is 0. The highest BCUT2D eigenvalue weighted by Gasteiger charge is 2.59. The molecule has 2 aromatic rings. The van der Waals surface area contributed by atoms with Gasteiger partial charge in [0.25, 0.3) is 0 Å². The Morgan fingerprint density at radius 2 is 1.74 bits per heavy atom. The van der Waals surface area contributed by atoms with E-state index >= 15 is 0 Å². The van der Waals surface area contributed by atoms with Crippen molar-refractivity contribution in [1.82, 2.24) is 20.9 Å². The lowest BCUT2D eigenvalue weighted by Crippen LogP contribution is -2.52. The van der Waals surface area contributed by atoms with Gasteiger partial charge in [0.1, 0.15) is 0 Å². The molecule has 1 aromatic carbocycles. The van der Waals surface area contributed by atoms with Crippen LogP contribution in [0.5, 0.6) is 0 Å². The van der Waals surface area contributed by atoms with E-state index < -0.39 is 4.92 Å². The number of hydrogen-bond acceptors (Lipinski definition) is 8. The number of amides is 2. The van der Waals surface area contributed by atoms with Gasteiger partial charge in [-0.15, -0.1) is 0 Å². The molecule has 1 heterocycles. The summed E-state index contributed by atoms with van der Waals surface area (Å²) >= 11 is 0. The molecule has 3 fully saturated rings. The van der Waals surface area contributed by atoms with Crippen LogP contribution in [-0.2, 0) is 9.59 Å². The minimum Gasteiger partial charge on any atom is -0.383 e. The van der Waals surface area contributed by atoms with Crippen LogP contribution in [0.2, 0.25) is 0 Å². The van der Waals surface area contributed by atoms with Crippen LogP contribution in [0.25, 0.3) is 11.0 Å². The Morgan fingerprint density at radius 3 is 2.53 bits per heavy atom. The number of fused-ring (bicyclic) bond motifs is 6. The second kappa shape index (κ2) is 16.9. The molecular formula is C42H64N6O5. The summed E-state index contributed by atoms with van der Waals surface area (Å²) in [5, 5.41) is 28.1. The number of rotatable bonds is 17. The molecule has 5 unspecified atom stereocenters. The number of nitro benzene ring substituents is 1. The van der Waals surface area contributed by atoms with Gasteiger partial charge in [-0.25, -0.2) is 4.63 Å². The van der Waals surface area contributed by atoms with Gasteiger partial charge < -0.3 is 16.0 Å². The van der Waals surface area contributed by atoms with Crippen molar-refractivity contribution in [2.24, 2.45) is 46.3 Å². The van der Waals surface area contributed by atoms with Crippen molar-refractivity contribution in [3.8, 4) is 0 Å². The zero-order valence-electron chi connectivity index (χ0n) is 32.9. The second-order valence-electron chi connectivity index (χ2n) is 18.0. The minimum atomic E-state index is -0.509. The summed E-state index contributed by atoms with van der Waals surface area (Å²) in [5.41, 5.74) is 3.29. The van der Waals surface area contributed by atoms with E-state index in [1.807, 2.05) is 0 Å². The number of anilines is 1. The molecule has 292 valence electrons. The van der Waals surface area contributed by atoms with Gasteiger partial charge in [0.15, 0.2) is 5.52 Å². The Bertz CT molecular complexity index is 1640. The molecule has 3 N–H and O–H groups in total. The van der Waals surface area contributed by atoms with Crippen molar-refractivity contribution in [3.05, 3.63) is 33.9 Å². The number of carbonyl (C=O) groups excluding carboxylic acids is 2. The van der Waals surface area contributed by atoms with E-state index in [0.29, 0.717) is 42.6 Å². The van der Waals surface area contributed by atoms with Crippen LogP contribution in [0.3, 0.4) is 0 Å². The molecule has 1 aromatic heterocycles. The number of carbonyl (C=O) groups is 2. The molecule has 4 aliphatic rings. The Balaban J connectivity index is 0.878. The highest BCUT2D eigenvalue weighted by molar-refractivity contribution is 5.93. The van der Waals surface area contributed by atoms with Crippen molar-refractivity contribution in [1.29, 1.82) is 0 Å². The molecule has 6 rings (SSSR count). The molecule has 0 bridgehead atoms. The predicted molar refractivity (Wildman–Crippen MR) is 208 cm³/mol. The third kappa shape index (κ3) is 8.59. The van der Waals surface area contributed by atoms with Crippen LogP contribution < -0.4 is 16.0 Å². The van der Waals surface area contributed by atoms with Gasteiger partial charge in [-0.1, -0.05) is 72.0 Å². The van der Waals surface area contributed by atoms with Crippen molar-refractivity contribution in [2.75, 3.05) is 18.4 Å². The topological polar surface area (TPSA) is 152 Å². The van der Waals surface area contributed by atoms with Crippen molar-refractivity contribution < 1.29 is 19.1 Å². The Hall–Kier alpha value is -3.50. The number of nitrogens with zero attached hydrogens (tertiary/aromatic N) is 3. The van der Waals surface area contributed by atoms with Crippen LogP contribution in [0.1, 0.15) is 137 Å². The molecule has 0 aliphatic heterocycles. The molecule has 8 atom stereocenters. The van der Waals surface area contributed by atoms with E-state index in [2.05, 4.69) is 67.0 Å². The number of nitro groups is 1. The molecule has 11 heteroatoms. The molecule has 3 saturated carbocycles. The van der Waals surface area contributed by atoms with E-state index in [9.17, 15) is 19.7 Å². The summed E-state index contributed by atoms with van der Waals surface area (Å²) in [6.07, 6.45) is 19.8. The van der Waals surface area contributed by atoms with Crippen molar-refractivity contribution >= 4 is 34.2 Å². The first-order chi connectivity index (χ1) is 25.4. The average molecular weight is 733 g/mol. The second-order valence-corrected chi connectivity index (χ2v) is 18.0. The van der Waals surface area contributed by atoms with Crippen LogP contribution in [0.15, 0.2) is 28.4 Å². The molecule has 0 radical (unpaired) electrons. The highest BCUT2D eigenvalue weighted by Crippen LogP contribution is 2.67. The van der Waals surface area contributed by atoms with Gasteiger partial charge in [0.2, 0.25) is 17.3 Å². The number of aromatic nitrogens is 2. The number of nitrogens with one attached hydrogen (secondary N) is 3. The van der Waals surface area contributed by atoms with E-state index in [4.69, 9.17) is 4.63 Å². The summed E-state index contributed by atoms with van der Waals surface area (Å²) in [6, 6.07) is 3.17. The normalized spacial score (nSPS) is 29.8. The van der Waals surface area contributed by atoms with Crippen molar-refractivity contribution in [3.63, 3.8) is 0 Å². The first-order valence-corrected chi connectivity index (χ1v) is 20.8. The summed E-state index contributed by atoms with van der Waals surface area (Å²) in [5.74, 6) is 4.96. The summed E-state index contributed by atoms with van der Waals surface area (Å²) in [6.45, 7) is 13.5. The van der Waals surface area contributed by atoms with Crippen LogP contribution in [-0.4, -0.2) is 46.2 Å². The van der Waals surface area contributed by atoms with E-state index in [1.54, 1.807) is 11.6 Å². The quantitative estimate of drug-likeness (QED) is 0.0630. The Kier molecular flexibility index (Phi) is 12.5. The fourth-order valence-electron chi connectivity index (χ4n) is 11.5. The summed E-state index contributed by atoms with van der Waals surface area (Å²) in [4.78, 5) is 36.0. The Morgan fingerprint density at radius 1 is 0.925 bits per heavy atom. The lowest BCUT2D eigenvalue weighted by molar-refractivity contribution is -0.383.